The zero-order valence-corrected chi connectivity index (χ0v) is 21.2. The number of benzene rings is 2. The number of anilines is 1. The molecule has 0 aromatic heterocycles. The standard InChI is InChI=1S/C24H31N3O4SSi/c1-33(2,3)16-15-26-24(28)18-27(32(26,29)30)22-13-12-20(9-7-8-14-25)17-23(22)31-19-21-10-5-4-6-11-21/h4-6,10-13,17-18,28H,7-9,15-16,19H2,1-3H3. The van der Waals surface area contributed by atoms with Gasteiger partial charge in [0.15, 0.2) is 0 Å². The van der Waals surface area contributed by atoms with E-state index >= 15 is 0 Å². The third-order valence-electron chi connectivity index (χ3n) is 5.33. The van der Waals surface area contributed by atoms with E-state index in [-0.39, 0.29) is 19.0 Å². The minimum absolute atomic E-state index is 0.239. The second kappa shape index (κ2) is 10.3. The third kappa shape index (κ3) is 6.30. The molecular formula is C24H31N3O4SSi. The van der Waals surface area contributed by atoms with Crippen molar-refractivity contribution in [2.45, 2.75) is 51.6 Å². The van der Waals surface area contributed by atoms with Crippen LogP contribution in [0.3, 0.4) is 0 Å². The van der Waals surface area contributed by atoms with Crippen molar-refractivity contribution in [2.24, 2.45) is 0 Å². The molecule has 0 bridgehead atoms. The summed E-state index contributed by atoms with van der Waals surface area (Å²) >= 11 is 0. The van der Waals surface area contributed by atoms with Crippen LogP contribution >= 0.6 is 0 Å². The van der Waals surface area contributed by atoms with Crippen molar-refractivity contribution in [3.05, 3.63) is 71.7 Å². The Kier molecular flexibility index (Phi) is 7.71. The quantitative estimate of drug-likeness (QED) is 0.370. The van der Waals surface area contributed by atoms with Crippen molar-refractivity contribution in [2.75, 3.05) is 10.8 Å². The van der Waals surface area contributed by atoms with Crippen LogP contribution in [-0.4, -0.2) is 32.4 Å². The molecule has 1 heterocycles. The molecule has 1 aliphatic rings. The maximum absolute atomic E-state index is 13.3. The first-order chi connectivity index (χ1) is 15.6. The first-order valence-electron chi connectivity index (χ1n) is 11.0. The lowest BCUT2D eigenvalue weighted by atomic mass is 10.1. The van der Waals surface area contributed by atoms with E-state index in [9.17, 15) is 13.5 Å². The van der Waals surface area contributed by atoms with Crippen molar-refractivity contribution >= 4 is 24.0 Å². The molecular weight excluding hydrogens is 454 g/mol. The monoisotopic (exact) mass is 485 g/mol. The topological polar surface area (TPSA) is 93.9 Å². The van der Waals surface area contributed by atoms with Crippen LogP contribution in [0.1, 0.15) is 24.0 Å². The summed E-state index contributed by atoms with van der Waals surface area (Å²) in [5, 5.41) is 19.3. The molecule has 0 saturated carbocycles. The molecule has 1 aliphatic heterocycles. The van der Waals surface area contributed by atoms with Gasteiger partial charge in [-0.25, -0.2) is 8.61 Å². The van der Waals surface area contributed by atoms with E-state index < -0.39 is 18.3 Å². The van der Waals surface area contributed by atoms with Crippen LogP contribution in [0.2, 0.25) is 25.7 Å². The molecule has 2 aromatic rings. The van der Waals surface area contributed by atoms with Crippen molar-refractivity contribution in [3.8, 4) is 11.8 Å². The molecule has 1 N–H and O–H groups in total. The molecule has 3 rings (SSSR count). The number of aryl methyl sites for hydroxylation is 1. The van der Waals surface area contributed by atoms with Crippen LogP contribution in [-0.2, 0) is 23.2 Å². The Labute approximate surface area is 197 Å². The maximum atomic E-state index is 13.3. The Morgan fingerprint density at radius 1 is 1.09 bits per heavy atom. The number of aliphatic hydroxyl groups excluding tert-OH is 1. The maximum Gasteiger partial charge on any atom is 0.332 e. The number of unbranched alkanes of at least 4 members (excludes halogenated alkanes) is 1. The number of hydrogen-bond donors (Lipinski definition) is 1. The van der Waals surface area contributed by atoms with Gasteiger partial charge in [0, 0.05) is 21.0 Å². The number of hydrogen-bond acceptors (Lipinski definition) is 5. The van der Waals surface area contributed by atoms with Gasteiger partial charge in [-0.1, -0.05) is 56.0 Å². The predicted molar refractivity (Wildman–Crippen MR) is 133 cm³/mol. The highest BCUT2D eigenvalue weighted by atomic mass is 32.2. The molecule has 7 nitrogen and oxygen atoms in total. The van der Waals surface area contributed by atoms with Crippen LogP contribution in [0.15, 0.2) is 60.6 Å². The van der Waals surface area contributed by atoms with E-state index in [2.05, 4.69) is 25.7 Å². The fourth-order valence-corrected chi connectivity index (χ4v) is 5.94. The lowest BCUT2D eigenvalue weighted by Crippen LogP contribution is -2.37. The number of ether oxygens (including phenoxy) is 1. The van der Waals surface area contributed by atoms with Crippen LogP contribution in [0.5, 0.6) is 5.75 Å². The highest BCUT2D eigenvalue weighted by Crippen LogP contribution is 2.37. The Bertz CT molecular complexity index is 1140. The molecule has 9 heteroatoms. The largest absolute Gasteiger partial charge is 0.493 e. The predicted octanol–water partition coefficient (Wildman–Crippen LogP) is 5.17. The average Bonchev–Trinajstić information content (AvgIpc) is 2.99. The summed E-state index contributed by atoms with van der Waals surface area (Å²) in [5.41, 5.74) is 2.26. The van der Waals surface area contributed by atoms with Crippen LogP contribution in [0, 0.1) is 11.3 Å². The van der Waals surface area contributed by atoms with Gasteiger partial charge in [-0.2, -0.15) is 13.7 Å². The van der Waals surface area contributed by atoms with Gasteiger partial charge in [-0.3, -0.25) is 0 Å². The number of nitriles is 1. The Balaban J connectivity index is 1.90. The van der Waals surface area contributed by atoms with Gasteiger partial charge >= 0.3 is 10.2 Å². The normalized spacial score (nSPS) is 15.3. The second-order valence-electron chi connectivity index (χ2n) is 9.26. The molecule has 0 unspecified atom stereocenters. The lowest BCUT2D eigenvalue weighted by molar-refractivity contribution is 0.294. The molecule has 0 amide bonds. The van der Waals surface area contributed by atoms with Gasteiger partial charge in [0.05, 0.1) is 12.3 Å². The molecule has 2 aromatic carbocycles. The molecule has 0 radical (unpaired) electrons. The summed E-state index contributed by atoms with van der Waals surface area (Å²) in [7, 11) is -5.48. The van der Waals surface area contributed by atoms with Crippen LogP contribution in [0.4, 0.5) is 5.69 Å². The summed E-state index contributed by atoms with van der Waals surface area (Å²) < 4.78 is 34.8. The van der Waals surface area contributed by atoms with E-state index in [1.165, 1.54) is 6.20 Å². The molecule has 33 heavy (non-hydrogen) atoms. The van der Waals surface area contributed by atoms with E-state index in [1.807, 2.05) is 42.5 Å². The number of rotatable bonds is 10. The van der Waals surface area contributed by atoms with Crippen LogP contribution in [0.25, 0.3) is 0 Å². The van der Waals surface area contributed by atoms with Gasteiger partial charge in [-0.05, 0) is 42.1 Å². The van der Waals surface area contributed by atoms with Crippen molar-refractivity contribution < 1.29 is 18.3 Å². The van der Waals surface area contributed by atoms with Crippen molar-refractivity contribution in [3.63, 3.8) is 0 Å². The molecule has 0 atom stereocenters. The molecule has 176 valence electrons. The van der Waals surface area contributed by atoms with Gasteiger partial charge in [0.1, 0.15) is 18.0 Å². The van der Waals surface area contributed by atoms with Gasteiger partial charge < -0.3 is 9.84 Å². The SMILES string of the molecule is C[Si](C)(C)CCN1C(O)=CN(c2ccc(CCCC#N)cc2OCc2ccccc2)S1(=O)=O. The van der Waals surface area contributed by atoms with Crippen LogP contribution < -0.4 is 9.04 Å². The summed E-state index contributed by atoms with van der Waals surface area (Å²) in [6.07, 6.45) is 3.08. The zero-order valence-electron chi connectivity index (χ0n) is 19.4. The molecule has 0 saturated heterocycles. The number of aliphatic hydroxyl groups is 1. The number of nitrogens with zero attached hydrogens (tertiary/aromatic N) is 3. The zero-order chi connectivity index (χ0) is 24.1. The fraction of sp³-hybridized carbons (Fsp3) is 0.375. The van der Waals surface area contributed by atoms with E-state index in [1.54, 1.807) is 6.07 Å². The summed E-state index contributed by atoms with van der Waals surface area (Å²) in [6.45, 7) is 7.00. The Hall–Kier alpha value is -2.96. The van der Waals surface area contributed by atoms with E-state index in [0.29, 0.717) is 30.7 Å². The molecule has 0 spiro atoms. The minimum atomic E-state index is -3.97. The molecule has 0 fully saturated rings. The highest BCUT2D eigenvalue weighted by Gasteiger charge is 2.39. The highest BCUT2D eigenvalue weighted by molar-refractivity contribution is 7.91. The summed E-state index contributed by atoms with van der Waals surface area (Å²) in [5.74, 6) is 0.119. The fourth-order valence-electron chi connectivity index (χ4n) is 3.44. The lowest BCUT2D eigenvalue weighted by Gasteiger charge is -2.25. The first kappa shape index (κ1) is 24.7. The van der Waals surface area contributed by atoms with Crippen molar-refractivity contribution in [1.29, 1.82) is 5.26 Å². The van der Waals surface area contributed by atoms with Gasteiger partial charge in [0.25, 0.3) is 0 Å². The van der Waals surface area contributed by atoms with E-state index in [0.717, 1.165) is 25.8 Å². The van der Waals surface area contributed by atoms with E-state index in [4.69, 9.17) is 10.00 Å². The third-order valence-corrected chi connectivity index (χ3v) is 8.78. The minimum Gasteiger partial charge on any atom is -0.493 e. The average molecular weight is 486 g/mol. The van der Waals surface area contributed by atoms with Gasteiger partial charge in [0.2, 0.25) is 5.88 Å². The van der Waals surface area contributed by atoms with Gasteiger partial charge in [-0.15, -0.1) is 0 Å². The smallest absolute Gasteiger partial charge is 0.332 e. The summed E-state index contributed by atoms with van der Waals surface area (Å²) in [4.78, 5) is 0. The Morgan fingerprint density at radius 2 is 1.82 bits per heavy atom. The van der Waals surface area contributed by atoms with Crippen molar-refractivity contribution in [1.82, 2.24) is 4.31 Å². The second-order valence-corrected chi connectivity index (χ2v) is 16.6. The Morgan fingerprint density at radius 3 is 2.48 bits per heavy atom. The molecule has 0 aliphatic carbocycles. The first-order valence-corrected chi connectivity index (χ1v) is 16.1. The summed E-state index contributed by atoms with van der Waals surface area (Å²) in [6, 6.07) is 17.9.